The molecule has 0 spiro atoms. The van der Waals surface area contributed by atoms with Crippen molar-refractivity contribution in [1.82, 2.24) is 9.88 Å². The fraction of sp³-hybridized carbons (Fsp3) is 0.500. The summed E-state index contributed by atoms with van der Waals surface area (Å²) in [5, 5.41) is 0.258. The molecular formula is C12H17ClN4O. The molecule has 5 nitrogen and oxygen atoms in total. The molecule has 0 aliphatic heterocycles. The number of hydrogen-bond acceptors (Lipinski definition) is 4. The monoisotopic (exact) mass is 268 g/mol. The molecule has 0 radical (unpaired) electrons. The number of pyridine rings is 1. The number of amides is 1. The number of carbonyl (C=O) groups is 1. The topological polar surface area (TPSA) is 71.2 Å². The van der Waals surface area contributed by atoms with E-state index in [4.69, 9.17) is 17.4 Å². The van der Waals surface area contributed by atoms with E-state index >= 15 is 0 Å². The van der Waals surface area contributed by atoms with Gasteiger partial charge in [0.25, 0.3) is 5.91 Å². The van der Waals surface area contributed by atoms with E-state index < -0.39 is 0 Å². The van der Waals surface area contributed by atoms with Gasteiger partial charge in [0.1, 0.15) is 11.0 Å². The Labute approximate surface area is 111 Å². The lowest BCUT2D eigenvalue weighted by Crippen LogP contribution is -2.35. The van der Waals surface area contributed by atoms with Gasteiger partial charge in [-0.1, -0.05) is 24.4 Å². The molecule has 0 saturated heterocycles. The zero-order valence-corrected chi connectivity index (χ0v) is 11.1. The van der Waals surface area contributed by atoms with Gasteiger partial charge in [-0.25, -0.2) is 10.8 Å². The average Bonchev–Trinajstić information content (AvgIpc) is 2.90. The lowest BCUT2D eigenvalue weighted by atomic mass is 10.1. The summed E-state index contributed by atoms with van der Waals surface area (Å²) in [4.78, 5) is 18.1. The molecule has 0 bridgehead atoms. The first-order valence-electron chi connectivity index (χ1n) is 6.03. The fourth-order valence-electron chi connectivity index (χ4n) is 2.36. The number of nitrogens with zero attached hydrogens (tertiary/aromatic N) is 2. The maximum atomic E-state index is 12.3. The van der Waals surface area contributed by atoms with Crippen molar-refractivity contribution in [2.75, 3.05) is 12.5 Å². The molecule has 1 aliphatic rings. The van der Waals surface area contributed by atoms with Crippen LogP contribution < -0.4 is 11.3 Å². The van der Waals surface area contributed by atoms with E-state index in [-0.39, 0.29) is 11.1 Å². The number of rotatable bonds is 3. The van der Waals surface area contributed by atoms with Gasteiger partial charge in [-0.2, -0.15) is 0 Å². The van der Waals surface area contributed by atoms with Crippen LogP contribution in [0.5, 0.6) is 0 Å². The van der Waals surface area contributed by atoms with Crippen molar-refractivity contribution in [3.63, 3.8) is 0 Å². The van der Waals surface area contributed by atoms with Gasteiger partial charge >= 0.3 is 0 Å². The van der Waals surface area contributed by atoms with Crippen molar-refractivity contribution in [2.45, 2.75) is 31.7 Å². The predicted molar refractivity (Wildman–Crippen MR) is 71.4 cm³/mol. The Balaban J connectivity index is 2.19. The number of nitrogens with two attached hydrogens (primary N) is 1. The van der Waals surface area contributed by atoms with Crippen molar-refractivity contribution < 1.29 is 4.79 Å². The van der Waals surface area contributed by atoms with Gasteiger partial charge in [0.05, 0.1) is 0 Å². The van der Waals surface area contributed by atoms with E-state index in [2.05, 4.69) is 10.4 Å². The minimum atomic E-state index is -0.0392. The lowest BCUT2D eigenvalue weighted by Gasteiger charge is -2.24. The Kier molecular flexibility index (Phi) is 4.04. The molecule has 1 aromatic rings. The third-order valence-electron chi connectivity index (χ3n) is 3.38. The quantitative estimate of drug-likeness (QED) is 0.500. The summed E-state index contributed by atoms with van der Waals surface area (Å²) in [5.74, 6) is 5.64. The van der Waals surface area contributed by atoms with Crippen molar-refractivity contribution in [3.8, 4) is 0 Å². The number of anilines is 1. The molecular weight excluding hydrogens is 252 g/mol. The zero-order chi connectivity index (χ0) is 13.1. The van der Waals surface area contributed by atoms with E-state index in [1.807, 2.05) is 7.05 Å². The van der Waals surface area contributed by atoms with Crippen LogP contribution in [0.15, 0.2) is 12.1 Å². The highest BCUT2D eigenvalue weighted by Gasteiger charge is 2.24. The van der Waals surface area contributed by atoms with Gasteiger partial charge in [-0.15, -0.1) is 0 Å². The fourth-order valence-corrected chi connectivity index (χ4v) is 2.56. The van der Waals surface area contributed by atoms with Crippen molar-refractivity contribution in [3.05, 3.63) is 22.8 Å². The minimum absolute atomic E-state index is 0.0392. The maximum absolute atomic E-state index is 12.3. The van der Waals surface area contributed by atoms with Gasteiger partial charge in [-0.05, 0) is 25.0 Å². The molecule has 1 saturated carbocycles. The normalized spacial score (nSPS) is 15.7. The number of nitrogens with one attached hydrogen (secondary N) is 1. The first kappa shape index (κ1) is 13.1. The molecule has 6 heteroatoms. The molecule has 2 rings (SSSR count). The summed E-state index contributed by atoms with van der Waals surface area (Å²) >= 11 is 5.86. The molecule has 1 heterocycles. The lowest BCUT2D eigenvalue weighted by molar-refractivity contribution is 0.0735. The van der Waals surface area contributed by atoms with E-state index in [9.17, 15) is 4.79 Å². The molecule has 3 N–H and O–H groups in total. The zero-order valence-electron chi connectivity index (χ0n) is 10.3. The second-order valence-electron chi connectivity index (χ2n) is 4.56. The molecule has 0 aromatic carbocycles. The van der Waals surface area contributed by atoms with Crippen LogP contribution in [0.4, 0.5) is 5.82 Å². The maximum Gasteiger partial charge on any atom is 0.254 e. The summed E-state index contributed by atoms with van der Waals surface area (Å²) in [6.45, 7) is 0. The van der Waals surface area contributed by atoms with Crippen LogP contribution >= 0.6 is 11.6 Å². The number of carbonyl (C=O) groups excluding carboxylic acids is 1. The van der Waals surface area contributed by atoms with Crippen LogP contribution in [0.2, 0.25) is 5.15 Å². The van der Waals surface area contributed by atoms with Crippen LogP contribution in [-0.4, -0.2) is 28.9 Å². The van der Waals surface area contributed by atoms with E-state index in [1.165, 1.54) is 12.8 Å². The van der Waals surface area contributed by atoms with Gasteiger partial charge in [0, 0.05) is 18.7 Å². The van der Waals surface area contributed by atoms with Crippen LogP contribution in [0.25, 0.3) is 0 Å². The van der Waals surface area contributed by atoms with E-state index in [0.717, 1.165) is 12.8 Å². The minimum Gasteiger partial charge on any atom is -0.339 e. The van der Waals surface area contributed by atoms with Crippen LogP contribution in [-0.2, 0) is 0 Å². The molecule has 1 amide bonds. The van der Waals surface area contributed by atoms with Gasteiger partial charge in [0.2, 0.25) is 0 Å². The van der Waals surface area contributed by atoms with Crippen molar-refractivity contribution >= 4 is 23.3 Å². The highest BCUT2D eigenvalue weighted by molar-refractivity contribution is 6.29. The predicted octanol–water partition coefficient (Wildman–Crippen LogP) is 2.04. The second-order valence-corrected chi connectivity index (χ2v) is 4.95. The van der Waals surface area contributed by atoms with Gasteiger partial charge < -0.3 is 10.3 Å². The third kappa shape index (κ3) is 2.73. The Morgan fingerprint density at radius 2 is 2.17 bits per heavy atom. The van der Waals surface area contributed by atoms with Crippen molar-refractivity contribution in [1.29, 1.82) is 0 Å². The average molecular weight is 269 g/mol. The Morgan fingerprint density at radius 3 is 2.78 bits per heavy atom. The highest BCUT2D eigenvalue weighted by Crippen LogP contribution is 2.24. The van der Waals surface area contributed by atoms with Crippen LogP contribution in [0.1, 0.15) is 36.0 Å². The van der Waals surface area contributed by atoms with Crippen LogP contribution in [0.3, 0.4) is 0 Å². The molecule has 1 aromatic heterocycles. The molecule has 1 fully saturated rings. The second kappa shape index (κ2) is 5.54. The van der Waals surface area contributed by atoms with Crippen molar-refractivity contribution in [2.24, 2.45) is 5.84 Å². The third-order valence-corrected chi connectivity index (χ3v) is 3.58. The number of hydrogen-bond donors (Lipinski definition) is 2. The Hall–Kier alpha value is -1.33. The molecule has 0 unspecified atom stereocenters. The first-order valence-corrected chi connectivity index (χ1v) is 6.41. The summed E-state index contributed by atoms with van der Waals surface area (Å²) < 4.78 is 0. The Bertz CT molecular complexity index is 446. The molecule has 0 atom stereocenters. The van der Waals surface area contributed by atoms with E-state index in [0.29, 0.717) is 17.4 Å². The SMILES string of the molecule is CN(C(=O)c1cc(Cl)nc(NN)c1)C1CCCC1. The summed E-state index contributed by atoms with van der Waals surface area (Å²) in [7, 11) is 1.84. The van der Waals surface area contributed by atoms with Gasteiger partial charge in [-0.3, -0.25) is 4.79 Å². The largest absolute Gasteiger partial charge is 0.339 e. The smallest absolute Gasteiger partial charge is 0.254 e. The summed E-state index contributed by atoms with van der Waals surface area (Å²) in [5.41, 5.74) is 2.92. The standard InChI is InChI=1S/C12H17ClN4O/c1-17(9-4-2-3-5-9)12(18)8-6-10(13)15-11(7-8)16-14/h6-7,9H,2-5,14H2,1H3,(H,15,16). The number of aromatic nitrogens is 1. The molecule has 1 aliphatic carbocycles. The van der Waals surface area contributed by atoms with Gasteiger partial charge in [0.15, 0.2) is 0 Å². The molecule has 98 valence electrons. The number of nitrogen functional groups attached to an aromatic ring is 1. The summed E-state index contributed by atoms with van der Waals surface area (Å²) in [6.07, 6.45) is 4.52. The first-order chi connectivity index (χ1) is 8.61. The highest BCUT2D eigenvalue weighted by atomic mass is 35.5. The summed E-state index contributed by atoms with van der Waals surface area (Å²) in [6, 6.07) is 3.51. The van der Waals surface area contributed by atoms with E-state index in [1.54, 1.807) is 17.0 Å². The number of hydrazine groups is 1. The Morgan fingerprint density at radius 1 is 1.50 bits per heavy atom. The number of halogens is 1. The molecule has 18 heavy (non-hydrogen) atoms. The van der Waals surface area contributed by atoms with Crippen LogP contribution in [0, 0.1) is 0 Å².